The molecule has 0 spiro atoms. The molecule has 2 atom stereocenters. The number of alkyl halides is 5. The predicted octanol–water partition coefficient (Wildman–Crippen LogP) is 11.2. The zero-order chi connectivity index (χ0) is 52.3. The van der Waals surface area contributed by atoms with Crippen LogP contribution < -0.4 is 34.5 Å². The van der Waals surface area contributed by atoms with Gasteiger partial charge in [0, 0.05) is 44.0 Å². The molecule has 2 aromatic heterocycles. The fourth-order valence-corrected chi connectivity index (χ4v) is 9.46. The lowest BCUT2D eigenvalue weighted by Crippen LogP contribution is -2.52. The van der Waals surface area contributed by atoms with E-state index in [1.807, 2.05) is 55.5 Å². The van der Waals surface area contributed by atoms with Crippen LogP contribution >= 0.6 is 11.6 Å². The smallest absolute Gasteiger partial charge is 0.418 e. The summed E-state index contributed by atoms with van der Waals surface area (Å²) >= 11 is 7.24. The molecule has 2 N–H and O–H groups in total. The number of pyridine rings is 1. The van der Waals surface area contributed by atoms with Crippen LogP contribution in [0.3, 0.4) is 0 Å². The number of ether oxygens (including phenoxy) is 5. The first-order chi connectivity index (χ1) is 35.6. The van der Waals surface area contributed by atoms with Crippen LogP contribution in [0.4, 0.5) is 43.7 Å². The maximum absolute atomic E-state index is 18.2. The molecule has 1 unspecified atom stereocenters. The summed E-state index contributed by atoms with van der Waals surface area (Å²) in [4.78, 5) is 23.3. The monoisotopic (exact) mass is 1040 g/mol. The van der Waals surface area contributed by atoms with Crippen LogP contribution in [0, 0.1) is 12.7 Å². The number of methoxy groups -OCH3 is 3. The average Bonchev–Trinajstić information content (AvgIpc) is 3.57. The first kappa shape index (κ1) is 51.5. The Hall–Kier alpha value is -7.45. The van der Waals surface area contributed by atoms with Gasteiger partial charge in [-0.15, -0.1) is 0 Å². The van der Waals surface area contributed by atoms with Crippen molar-refractivity contribution in [2.75, 3.05) is 63.2 Å². The molecular formula is C53H52ClF6N9O5. The number of benzene rings is 4. The Morgan fingerprint density at radius 1 is 0.905 bits per heavy atom. The SMILES string of the molecule is COc1ccc(CNc2ncncc2C(C)N2C=C(OC[C@@H]3CCN3CC(F)F)Oc3c(F)c(-c4nc(N(Cc5ccc(OC)cc5)Cc5ccc(OC)cc5)cc(C)c4C(F)(F)F)c(Cl)c4c3C2=NCN4)cc1. The molecule has 3 aliphatic heterocycles. The van der Waals surface area contributed by atoms with Crippen molar-refractivity contribution in [3.63, 3.8) is 0 Å². The van der Waals surface area contributed by atoms with Crippen LogP contribution in [-0.4, -0.2) is 90.7 Å². The molecule has 0 saturated carbocycles. The van der Waals surface area contributed by atoms with Gasteiger partial charge in [0.15, 0.2) is 11.6 Å². The third-order valence-corrected chi connectivity index (χ3v) is 13.5. The minimum absolute atomic E-state index is 0.0150. The number of aromatic nitrogens is 3. The Kier molecular flexibility index (Phi) is 15.3. The maximum Gasteiger partial charge on any atom is 0.418 e. The van der Waals surface area contributed by atoms with Gasteiger partial charge in [0.1, 0.15) is 54.3 Å². The number of hydrogen-bond donors (Lipinski definition) is 2. The van der Waals surface area contributed by atoms with Crippen LogP contribution in [0.1, 0.15) is 58.3 Å². The highest BCUT2D eigenvalue weighted by molar-refractivity contribution is 6.37. The number of likely N-dealkylation sites (tertiary alicyclic amines) is 1. The Bertz CT molecular complexity index is 2990. The van der Waals surface area contributed by atoms with Crippen LogP contribution in [0.5, 0.6) is 23.0 Å². The zero-order valence-corrected chi connectivity index (χ0v) is 41.7. The van der Waals surface area contributed by atoms with Crippen molar-refractivity contribution in [2.45, 2.75) is 64.6 Å². The van der Waals surface area contributed by atoms with Gasteiger partial charge in [-0.2, -0.15) is 13.2 Å². The van der Waals surface area contributed by atoms with Crippen molar-refractivity contribution >= 4 is 34.8 Å². The number of halogens is 7. The molecule has 9 rings (SSSR count). The number of aryl methyl sites for hydroxylation is 1. The second kappa shape index (κ2) is 21.9. The van der Waals surface area contributed by atoms with Gasteiger partial charge in [-0.05, 0) is 85.0 Å². The van der Waals surface area contributed by atoms with Crippen LogP contribution in [0.2, 0.25) is 5.02 Å². The lowest BCUT2D eigenvalue weighted by Gasteiger charge is -2.40. The lowest BCUT2D eigenvalue weighted by atomic mass is 9.96. The summed E-state index contributed by atoms with van der Waals surface area (Å²) in [7, 11) is 4.66. The minimum Gasteiger partial charge on any atom is -0.497 e. The van der Waals surface area contributed by atoms with E-state index in [9.17, 15) is 8.78 Å². The molecule has 0 radical (unpaired) electrons. The standard InChI is InChI=1S/C53H52ClF6N9O5/c1-30-20-41(68(23-33-8-14-37(71-4)15-9-33)24-34-10-16-38(72-5)17-11-34)66-48(45(30)53(58,59)60)43-46(54)49-44-50(47(43)57)74-42(73-27-35-18-19-67(35)25-40(55)56)26-69(52(44)65-29-63-49)31(2)39-22-61-28-64-51(39)62-21-32-6-12-36(70-3)13-7-32/h6-17,20,22,26,28,31,35,40,63H,18-19,21,23-25,27,29H2,1-5H3,(H,61,62,64)/t31?,35-/m0/s1. The van der Waals surface area contributed by atoms with Crippen molar-refractivity contribution < 1.29 is 50.0 Å². The van der Waals surface area contributed by atoms with E-state index >= 15 is 17.6 Å². The molecule has 3 aliphatic rings. The summed E-state index contributed by atoms with van der Waals surface area (Å²) in [5, 5.41) is 6.03. The van der Waals surface area contributed by atoms with Crippen LogP contribution in [0.25, 0.3) is 11.3 Å². The number of nitrogens with one attached hydrogen (secondary N) is 2. The lowest BCUT2D eigenvalue weighted by molar-refractivity contribution is -0.137. The number of anilines is 3. The van der Waals surface area contributed by atoms with Crippen LogP contribution in [-0.2, 0) is 30.5 Å². The Morgan fingerprint density at radius 2 is 1.53 bits per heavy atom. The topological polar surface area (TPSA) is 131 Å². The second-order valence-corrected chi connectivity index (χ2v) is 18.1. The molecule has 1 fully saturated rings. The predicted molar refractivity (Wildman–Crippen MR) is 269 cm³/mol. The van der Waals surface area contributed by atoms with Crippen molar-refractivity contribution in [3.05, 3.63) is 153 Å². The molecule has 0 bridgehead atoms. The Balaban J connectivity index is 1.16. The normalized spacial score (nSPS) is 15.6. The molecule has 21 heteroatoms. The molecule has 5 heterocycles. The number of rotatable bonds is 19. The highest BCUT2D eigenvalue weighted by Crippen LogP contribution is 2.51. The fourth-order valence-electron chi connectivity index (χ4n) is 9.13. The maximum atomic E-state index is 18.2. The molecule has 14 nitrogen and oxygen atoms in total. The number of amidine groups is 1. The first-order valence-electron chi connectivity index (χ1n) is 23.6. The molecule has 74 heavy (non-hydrogen) atoms. The van der Waals surface area contributed by atoms with Gasteiger partial charge in [-0.25, -0.2) is 33.1 Å². The Morgan fingerprint density at radius 3 is 2.09 bits per heavy atom. The van der Waals surface area contributed by atoms with Gasteiger partial charge < -0.3 is 44.1 Å². The molecule has 0 aliphatic carbocycles. The van der Waals surface area contributed by atoms with Crippen LogP contribution in [0.15, 0.2) is 109 Å². The number of hydrogen-bond acceptors (Lipinski definition) is 14. The third kappa shape index (κ3) is 10.9. The number of nitrogens with zero attached hydrogens (tertiary/aromatic N) is 7. The van der Waals surface area contributed by atoms with E-state index in [1.165, 1.54) is 25.5 Å². The third-order valence-electron chi connectivity index (χ3n) is 13.1. The van der Waals surface area contributed by atoms with Gasteiger partial charge in [0.2, 0.25) is 0 Å². The second-order valence-electron chi connectivity index (χ2n) is 17.8. The molecule has 6 aromatic rings. The van der Waals surface area contributed by atoms with Crippen molar-refractivity contribution in [3.8, 4) is 34.3 Å². The summed E-state index contributed by atoms with van der Waals surface area (Å²) in [5.41, 5.74) is 0.109. The summed E-state index contributed by atoms with van der Waals surface area (Å²) in [6, 6.07) is 22.0. The Labute approximate surface area is 428 Å². The average molecular weight is 1040 g/mol. The van der Waals surface area contributed by atoms with E-state index in [4.69, 9.17) is 40.3 Å². The minimum atomic E-state index is -5.05. The van der Waals surface area contributed by atoms with E-state index in [2.05, 4.69) is 25.6 Å². The summed E-state index contributed by atoms with van der Waals surface area (Å²) < 4.78 is 121. The molecule has 388 valence electrons. The van der Waals surface area contributed by atoms with Gasteiger partial charge >= 0.3 is 12.1 Å². The van der Waals surface area contributed by atoms with E-state index in [0.717, 1.165) is 16.7 Å². The van der Waals surface area contributed by atoms with Crippen molar-refractivity contribution in [2.24, 2.45) is 4.99 Å². The molecule has 4 aromatic carbocycles. The number of aliphatic imine (C=N–C) groups is 1. The van der Waals surface area contributed by atoms with E-state index in [1.54, 1.807) is 66.5 Å². The highest BCUT2D eigenvalue weighted by Gasteiger charge is 2.43. The van der Waals surface area contributed by atoms with E-state index in [0.29, 0.717) is 48.1 Å². The van der Waals surface area contributed by atoms with Gasteiger partial charge in [0.25, 0.3) is 6.43 Å². The van der Waals surface area contributed by atoms with E-state index in [-0.39, 0.29) is 60.8 Å². The summed E-state index contributed by atoms with van der Waals surface area (Å²) in [6.45, 7) is 3.46. The summed E-state index contributed by atoms with van der Waals surface area (Å²) in [6.07, 6.45) is -2.67. The van der Waals surface area contributed by atoms with E-state index < -0.39 is 64.6 Å². The van der Waals surface area contributed by atoms with Gasteiger partial charge in [0.05, 0.1) is 73.2 Å². The van der Waals surface area contributed by atoms with Gasteiger partial charge in [-0.1, -0.05) is 48.0 Å². The van der Waals surface area contributed by atoms with Crippen molar-refractivity contribution in [1.82, 2.24) is 24.8 Å². The highest BCUT2D eigenvalue weighted by atomic mass is 35.5. The molecule has 1 saturated heterocycles. The molecular weight excluding hydrogens is 992 g/mol. The molecule has 0 amide bonds. The van der Waals surface area contributed by atoms with Gasteiger partial charge in [-0.3, -0.25) is 4.90 Å². The zero-order valence-electron chi connectivity index (χ0n) is 40.9. The summed E-state index contributed by atoms with van der Waals surface area (Å²) in [5.74, 6) is 0.434. The van der Waals surface area contributed by atoms with Crippen molar-refractivity contribution in [1.29, 1.82) is 0 Å². The quantitative estimate of drug-likeness (QED) is 0.0747. The first-order valence-corrected chi connectivity index (χ1v) is 23.9. The largest absolute Gasteiger partial charge is 0.497 e. The fraction of sp³-hybridized carbons (Fsp3) is 0.321.